The van der Waals surface area contributed by atoms with Gasteiger partial charge in [-0.25, -0.2) is 8.78 Å². The lowest BCUT2D eigenvalue weighted by Crippen LogP contribution is -2.35. The number of ether oxygens (including phenoxy) is 1. The van der Waals surface area contributed by atoms with Crippen molar-refractivity contribution >= 4 is 11.6 Å². The third kappa shape index (κ3) is 2.00. The van der Waals surface area contributed by atoms with E-state index in [2.05, 4.69) is 5.32 Å². The van der Waals surface area contributed by atoms with Gasteiger partial charge in [0.2, 0.25) is 0 Å². The molecule has 0 aliphatic carbocycles. The van der Waals surface area contributed by atoms with Crippen LogP contribution in [-0.4, -0.2) is 13.7 Å². The van der Waals surface area contributed by atoms with Gasteiger partial charge in [-0.3, -0.25) is 0 Å². The molecule has 0 radical (unpaired) electrons. The fourth-order valence-corrected chi connectivity index (χ4v) is 2.57. The maximum absolute atomic E-state index is 14.1. The van der Waals surface area contributed by atoms with Gasteiger partial charge < -0.3 is 10.1 Å². The third-order valence-electron chi connectivity index (χ3n) is 3.25. The van der Waals surface area contributed by atoms with Crippen molar-refractivity contribution in [2.24, 2.45) is 0 Å². The average molecular weight is 262 g/mol. The topological polar surface area (TPSA) is 21.3 Å². The molecular weight excluding hydrogens is 248 g/mol. The van der Waals surface area contributed by atoms with E-state index < -0.39 is 17.2 Å². The van der Waals surface area contributed by atoms with Gasteiger partial charge in [0.1, 0.15) is 0 Å². The standard InChI is InChI=1S/C12H14ClF2NO/c1-12(4-3-5-16-12)9-10(15)7(13)6-8(14)11(9)17-2/h6,16H,3-5H2,1-2H3. The van der Waals surface area contributed by atoms with Gasteiger partial charge in [-0.1, -0.05) is 11.6 Å². The Labute approximate surface area is 104 Å². The number of benzene rings is 1. The predicted octanol–water partition coefficient (Wildman–Crippen LogP) is 3.23. The summed E-state index contributed by atoms with van der Waals surface area (Å²) >= 11 is 5.69. The van der Waals surface area contributed by atoms with Gasteiger partial charge in [0.25, 0.3) is 0 Å². The summed E-state index contributed by atoms with van der Waals surface area (Å²) in [5.41, 5.74) is -0.441. The van der Waals surface area contributed by atoms with Gasteiger partial charge >= 0.3 is 0 Å². The van der Waals surface area contributed by atoms with Crippen LogP contribution in [0.2, 0.25) is 5.02 Å². The molecule has 1 atom stereocenters. The summed E-state index contributed by atoms with van der Waals surface area (Å²) in [5, 5.41) is 2.96. The van der Waals surface area contributed by atoms with Crippen LogP contribution in [0.5, 0.6) is 5.75 Å². The first-order valence-electron chi connectivity index (χ1n) is 5.46. The van der Waals surface area contributed by atoms with Crippen molar-refractivity contribution in [2.45, 2.75) is 25.3 Å². The molecule has 1 unspecified atom stereocenters. The molecule has 2 rings (SSSR count). The molecule has 5 heteroatoms. The first kappa shape index (κ1) is 12.6. The van der Waals surface area contributed by atoms with E-state index in [1.54, 1.807) is 0 Å². The van der Waals surface area contributed by atoms with E-state index in [1.807, 2.05) is 6.92 Å². The number of hydrogen-bond donors (Lipinski definition) is 1. The number of halogens is 3. The Hall–Kier alpha value is -0.870. The zero-order valence-electron chi connectivity index (χ0n) is 9.74. The van der Waals surface area contributed by atoms with Crippen LogP contribution in [0.4, 0.5) is 8.78 Å². The molecule has 2 nitrogen and oxygen atoms in total. The maximum atomic E-state index is 14.1. The smallest absolute Gasteiger partial charge is 0.167 e. The summed E-state index contributed by atoms with van der Waals surface area (Å²) in [5.74, 6) is -1.31. The van der Waals surface area contributed by atoms with Crippen LogP contribution in [0.1, 0.15) is 25.3 Å². The molecule has 0 amide bonds. The van der Waals surface area contributed by atoms with Crippen molar-refractivity contribution in [3.05, 3.63) is 28.3 Å². The highest BCUT2D eigenvalue weighted by Gasteiger charge is 2.37. The molecule has 1 saturated heterocycles. The van der Waals surface area contributed by atoms with E-state index in [0.717, 1.165) is 25.5 Å². The van der Waals surface area contributed by atoms with E-state index >= 15 is 0 Å². The molecule has 1 fully saturated rings. The summed E-state index contributed by atoms with van der Waals surface area (Å²) in [7, 11) is 1.33. The lowest BCUT2D eigenvalue weighted by atomic mass is 9.89. The number of hydrogen-bond acceptors (Lipinski definition) is 2. The Morgan fingerprint density at radius 2 is 2.18 bits per heavy atom. The summed E-state index contributed by atoms with van der Waals surface area (Å²) < 4.78 is 32.8. The minimum atomic E-state index is -0.635. The molecule has 1 N–H and O–H groups in total. The molecular formula is C12H14ClF2NO. The van der Waals surface area contributed by atoms with Crippen LogP contribution in [-0.2, 0) is 5.54 Å². The van der Waals surface area contributed by atoms with E-state index in [0.29, 0.717) is 0 Å². The van der Waals surface area contributed by atoms with Gasteiger partial charge in [0, 0.05) is 5.54 Å². The van der Waals surface area contributed by atoms with Gasteiger partial charge in [0.05, 0.1) is 17.7 Å². The van der Waals surface area contributed by atoms with Crippen molar-refractivity contribution in [3.8, 4) is 5.75 Å². The van der Waals surface area contributed by atoms with E-state index in [9.17, 15) is 8.78 Å². The Morgan fingerprint density at radius 3 is 2.71 bits per heavy atom. The first-order chi connectivity index (χ1) is 7.99. The monoisotopic (exact) mass is 261 g/mol. The molecule has 94 valence electrons. The SMILES string of the molecule is COc1c(F)cc(Cl)c(F)c1C1(C)CCCN1. The Morgan fingerprint density at radius 1 is 1.47 bits per heavy atom. The van der Waals surface area contributed by atoms with Crippen molar-refractivity contribution in [1.82, 2.24) is 5.32 Å². The zero-order valence-corrected chi connectivity index (χ0v) is 10.5. The largest absolute Gasteiger partial charge is 0.493 e. The van der Waals surface area contributed by atoms with Crippen LogP contribution < -0.4 is 10.1 Å². The maximum Gasteiger partial charge on any atom is 0.167 e. The molecule has 1 aromatic carbocycles. The second kappa shape index (κ2) is 4.42. The molecule has 1 aliphatic heterocycles. The minimum Gasteiger partial charge on any atom is -0.493 e. The fourth-order valence-electron chi connectivity index (χ4n) is 2.38. The lowest BCUT2D eigenvalue weighted by molar-refractivity contribution is 0.338. The van der Waals surface area contributed by atoms with E-state index in [1.165, 1.54) is 7.11 Å². The highest BCUT2D eigenvalue weighted by molar-refractivity contribution is 6.30. The van der Waals surface area contributed by atoms with E-state index in [-0.39, 0.29) is 16.3 Å². The van der Waals surface area contributed by atoms with Crippen LogP contribution in [0, 0.1) is 11.6 Å². The molecule has 1 aliphatic rings. The van der Waals surface area contributed by atoms with Crippen LogP contribution >= 0.6 is 11.6 Å². The highest BCUT2D eigenvalue weighted by atomic mass is 35.5. The lowest BCUT2D eigenvalue weighted by Gasteiger charge is -2.28. The van der Waals surface area contributed by atoms with Gasteiger partial charge in [-0.05, 0) is 32.4 Å². The average Bonchev–Trinajstić information content (AvgIpc) is 2.71. The molecule has 0 aromatic heterocycles. The Bertz CT molecular complexity index is 445. The summed E-state index contributed by atoms with van der Waals surface area (Å²) in [4.78, 5) is 0. The molecule has 1 aromatic rings. The summed E-state index contributed by atoms with van der Waals surface area (Å²) in [6.07, 6.45) is 1.63. The fraction of sp³-hybridized carbons (Fsp3) is 0.500. The van der Waals surface area contributed by atoms with Crippen LogP contribution in [0.3, 0.4) is 0 Å². The molecule has 1 heterocycles. The van der Waals surface area contributed by atoms with Gasteiger partial charge in [-0.2, -0.15) is 0 Å². The zero-order chi connectivity index (χ0) is 12.6. The Kier molecular flexibility index (Phi) is 3.27. The third-order valence-corrected chi connectivity index (χ3v) is 3.53. The van der Waals surface area contributed by atoms with Crippen LogP contribution in [0.25, 0.3) is 0 Å². The minimum absolute atomic E-state index is 0.0659. The van der Waals surface area contributed by atoms with E-state index in [4.69, 9.17) is 16.3 Å². The van der Waals surface area contributed by atoms with Crippen molar-refractivity contribution in [1.29, 1.82) is 0 Å². The quantitative estimate of drug-likeness (QED) is 0.826. The normalized spacial score (nSPS) is 24.1. The summed E-state index contributed by atoms with van der Waals surface area (Å²) in [6.45, 7) is 2.60. The predicted molar refractivity (Wildman–Crippen MR) is 62.5 cm³/mol. The second-order valence-electron chi connectivity index (χ2n) is 4.42. The van der Waals surface area contributed by atoms with Gasteiger partial charge in [0.15, 0.2) is 17.4 Å². The number of methoxy groups -OCH3 is 1. The number of rotatable bonds is 2. The highest BCUT2D eigenvalue weighted by Crippen LogP contribution is 2.41. The molecule has 17 heavy (non-hydrogen) atoms. The number of nitrogens with one attached hydrogen (secondary N) is 1. The second-order valence-corrected chi connectivity index (χ2v) is 4.83. The summed E-state index contributed by atoms with van der Waals surface area (Å²) in [6, 6.07) is 0.942. The van der Waals surface area contributed by atoms with Gasteiger partial charge in [-0.15, -0.1) is 0 Å². The van der Waals surface area contributed by atoms with Crippen molar-refractivity contribution in [3.63, 3.8) is 0 Å². The van der Waals surface area contributed by atoms with Crippen molar-refractivity contribution < 1.29 is 13.5 Å². The molecule has 0 spiro atoms. The molecule has 0 bridgehead atoms. The Balaban J connectivity index is 2.65. The van der Waals surface area contributed by atoms with Crippen molar-refractivity contribution in [2.75, 3.05) is 13.7 Å². The van der Waals surface area contributed by atoms with Crippen LogP contribution in [0.15, 0.2) is 6.07 Å². The molecule has 0 saturated carbocycles. The first-order valence-corrected chi connectivity index (χ1v) is 5.84.